The molecular formula is C23H23ClF3NO5S. The smallest absolute Gasteiger partial charge is 0.255 e. The van der Waals surface area contributed by atoms with Crippen molar-refractivity contribution in [3.8, 4) is 0 Å². The van der Waals surface area contributed by atoms with Gasteiger partial charge in [0.15, 0.2) is 27.3 Å². The first-order valence-electron chi connectivity index (χ1n) is 10.7. The number of methoxy groups -OCH3 is 1. The topological polar surface area (TPSA) is 92.7 Å². The van der Waals surface area contributed by atoms with Gasteiger partial charge in [-0.05, 0) is 55.7 Å². The molecule has 11 heteroatoms. The fourth-order valence-corrected chi connectivity index (χ4v) is 8.17. The van der Waals surface area contributed by atoms with E-state index in [1.165, 1.54) is 19.2 Å². The van der Waals surface area contributed by atoms with Crippen LogP contribution in [0.25, 0.3) is 0 Å². The van der Waals surface area contributed by atoms with Crippen LogP contribution in [0.1, 0.15) is 36.0 Å². The Labute approximate surface area is 200 Å². The molecule has 0 aliphatic heterocycles. The van der Waals surface area contributed by atoms with Gasteiger partial charge in [0.2, 0.25) is 0 Å². The number of amides is 1. The van der Waals surface area contributed by atoms with Crippen LogP contribution in [-0.4, -0.2) is 44.0 Å². The van der Waals surface area contributed by atoms with Crippen LogP contribution in [0.15, 0.2) is 35.2 Å². The average molecular weight is 518 g/mol. The molecule has 184 valence electrons. The highest BCUT2D eigenvalue weighted by Crippen LogP contribution is 2.52. The number of halogens is 4. The second-order valence-electron chi connectivity index (χ2n) is 8.91. The predicted octanol–water partition coefficient (Wildman–Crippen LogP) is 4.35. The maximum atomic E-state index is 13.7. The van der Waals surface area contributed by atoms with E-state index in [0.717, 1.165) is 6.07 Å². The van der Waals surface area contributed by atoms with E-state index in [0.29, 0.717) is 37.8 Å². The standard InChI is InChI=1S/C23H23ClF3NO5S/c1-33-23(11-29)9-13-2-3-14(10-23)21(13)34(31,32)19-6-12(4-5-16(19)24)22(30)28-15-7-17(25)20(27)18(26)8-15/h4-8,13-14,21,29H,2-3,9-11H2,1H3,(H,28,30)/t13-,14?,21?,23+/m1/s1. The van der Waals surface area contributed by atoms with E-state index in [4.69, 9.17) is 16.3 Å². The molecule has 2 aliphatic rings. The lowest BCUT2D eigenvalue weighted by atomic mass is 9.77. The zero-order valence-electron chi connectivity index (χ0n) is 18.2. The van der Waals surface area contributed by atoms with Crippen LogP contribution < -0.4 is 5.32 Å². The quantitative estimate of drug-likeness (QED) is 0.556. The molecule has 4 rings (SSSR count). The zero-order valence-corrected chi connectivity index (χ0v) is 19.7. The second-order valence-corrected chi connectivity index (χ2v) is 11.4. The van der Waals surface area contributed by atoms with Gasteiger partial charge in [-0.15, -0.1) is 0 Å². The van der Waals surface area contributed by atoms with Gasteiger partial charge in [-0.3, -0.25) is 4.79 Å². The van der Waals surface area contributed by atoms with Crippen LogP contribution in [0.2, 0.25) is 5.02 Å². The largest absolute Gasteiger partial charge is 0.393 e. The highest BCUT2D eigenvalue weighted by Gasteiger charge is 2.54. The molecule has 1 amide bonds. The number of anilines is 1. The van der Waals surface area contributed by atoms with E-state index in [9.17, 15) is 31.5 Å². The molecule has 2 saturated carbocycles. The number of carbonyl (C=O) groups excluding carboxylic acids is 1. The van der Waals surface area contributed by atoms with Crippen LogP contribution in [0.5, 0.6) is 0 Å². The average Bonchev–Trinajstić information content (AvgIpc) is 3.09. The molecule has 2 aromatic carbocycles. The van der Waals surface area contributed by atoms with E-state index in [-0.39, 0.29) is 39.6 Å². The Hall–Kier alpha value is -2.14. The number of sulfone groups is 1. The summed E-state index contributed by atoms with van der Waals surface area (Å²) >= 11 is 6.23. The Morgan fingerprint density at radius 3 is 2.26 bits per heavy atom. The number of ether oxygens (including phenoxy) is 1. The van der Waals surface area contributed by atoms with Gasteiger partial charge in [-0.1, -0.05) is 11.6 Å². The minimum absolute atomic E-state index is 0.0550. The highest BCUT2D eigenvalue weighted by atomic mass is 35.5. The van der Waals surface area contributed by atoms with Gasteiger partial charge in [0.05, 0.1) is 27.4 Å². The van der Waals surface area contributed by atoms with Crippen LogP contribution >= 0.6 is 11.6 Å². The summed E-state index contributed by atoms with van der Waals surface area (Å²) in [6.07, 6.45) is 2.11. The minimum Gasteiger partial charge on any atom is -0.393 e. The fraction of sp³-hybridized carbons (Fsp3) is 0.435. The molecule has 2 unspecified atom stereocenters. The van der Waals surface area contributed by atoms with E-state index >= 15 is 0 Å². The summed E-state index contributed by atoms with van der Waals surface area (Å²) in [7, 11) is -2.46. The van der Waals surface area contributed by atoms with Crippen LogP contribution in [0, 0.1) is 29.3 Å². The summed E-state index contributed by atoms with van der Waals surface area (Å²) in [5.41, 5.74) is -1.20. The Morgan fingerprint density at radius 1 is 1.15 bits per heavy atom. The van der Waals surface area contributed by atoms with Crippen molar-refractivity contribution in [3.05, 3.63) is 58.4 Å². The van der Waals surface area contributed by atoms with Gasteiger partial charge in [0.25, 0.3) is 5.91 Å². The normalized spacial score (nSPS) is 26.5. The van der Waals surface area contributed by atoms with Gasteiger partial charge in [0.1, 0.15) is 0 Å². The summed E-state index contributed by atoms with van der Waals surface area (Å²) in [5.74, 6) is -5.94. The van der Waals surface area contributed by atoms with E-state index in [2.05, 4.69) is 5.32 Å². The number of aliphatic hydroxyl groups excluding tert-OH is 1. The summed E-state index contributed by atoms with van der Waals surface area (Å²) in [6, 6.07) is 4.92. The lowest BCUT2D eigenvalue weighted by Crippen LogP contribution is -2.49. The van der Waals surface area contributed by atoms with Gasteiger partial charge in [-0.25, -0.2) is 21.6 Å². The van der Waals surface area contributed by atoms with E-state index < -0.39 is 44.0 Å². The molecule has 2 aliphatic carbocycles. The van der Waals surface area contributed by atoms with E-state index in [1.54, 1.807) is 0 Å². The SMILES string of the molecule is CO[C@]1(CO)CC2CC[C@H](C1)C2S(=O)(=O)c1cc(C(=O)Nc2cc(F)c(F)c(F)c2)ccc1Cl. The van der Waals surface area contributed by atoms with Crippen molar-refractivity contribution in [1.29, 1.82) is 0 Å². The number of hydrogen-bond donors (Lipinski definition) is 2. The number of carbonyl (C=O) groups is 1. The molecule has 34 heavy (non-hydrogen) atoms. The molecule has 0 aromatic heterocycles. The third kappa shape index (κ3) is 4.32. The van der Waals surface area contributed by atoms with Crippen molar-refractivity contribution in [3.63, 3.8) is 0 Å². The molecule has 0 spiro atoms. The van der Waals surface area contributed by atoms with E-state index in [1.807, 2.05) is 0 Å². The minimum atomic E-state index is -3.96. The first-order chi connectivity index (χ1) is 16.0. The number of hydrogen-bond acceptors (Lipinski definition) is 5. The van der Waals surface area contributed by atoms with Crippen LogP contribution in [-0.2, 0) is 14.6 Å². The Bertz CT molecular complexity index is 1200. The second kappa shape index (κ2) is 9.14. The number of aliphatic hydroxyl groups is 1. The Balaban J connectivity index is 1.63. The van der Waals surface area contributed by atoms with Crippen LogP contribution in [0.4, 0.5) is 18.9 Å². The number of fused-ring (bicyclic) bond motifs is 2. The molecule has 0 heterocycles. The number of rotatable bonds is 6. The number of benzene rings is 2. The third-order valence-corrected chi connectivity index (χ3v) is 9.81. The Morgan fingerprint density at radius 2 is 1.74 bits per heavy atom. The fourth-order valence-electron chi connectivity index (χ4n) is 5.32. The van der Waals surface area contributed by atoms with Crippen molar-refractivity contribution in [1.82, 2.24) is 0 Å². The Kier molecular flexibility index (Phi) is 6.71. The highest BCUT2D eigenvalue weighted by molar-refractivity contribution is 7.92. The van der Waals surface area contributed by atoms with Crippen molar-refractivity contribution >= 4 is 33.0 Å². The molecule has 6 nitrogen and oxygen atoms in total. The van der Waals surface area contributed by atoms with Crippen LogP contribution in [0.3, 0.4) is 0 Å². The molecule has 0 saturated heterocycles. The number of nitrogens with one attached hydrogen (secondary N) is 1. The first-order valence-corrected chi connectivity index (χ1v) is 12.6. The van der Waals surface area contributed by atoms with Gasteiger partial charge >= 0.3 is 0 Å². The summed E-state index contributed by atoms with van der Waals surface area (Å²) in [5, 5.41) is 11.3. The van der Waals surface area contributed by atoms with Gasteiger partial charge in [0, 0.05) is 30.5 Å². The predicted molar refractivity (Wildman–Crippen MR) is 119 cm³/mol. The lowest BCUT2D eigenvalue weighted by Gasteiger charge is -2.42. The molecule has 2 aromatic rings. The molecule has 4 atom stereocenters. The zero-order chi connectivity index (χ0) is 24.8. The van der Waals surface area contributed by atoms with Crippen molar-refractivity contribution in [2.24, 2.45) is 11.8 Å². The van der Waals surface area contributed by atoms with Crippen molar-refractivity contribution in [2.45, 2.75) is 41.4 Å². The summed E-state index contributed by atoms with van der Waals surface area (Å²) in [4.78, 5) is 12.4. The third-order valence-electron chi connectivity index (χ3n) is 6.93. The van der Waals surface area contributed by atoms with Crippen molar-refractivity contribution < 1.29 is 36.2 Å². The van der Waals surface area contributed by atoms with Gasteiger partial charge < -0.3 is 15.2 Å². The summed E-state index contributed by atoms with van der Waals surface area (Å²) < 4.78 is 73.0. The molecule has 2 fully saturated rings. The molecule has 2 N–H and O–H groups in total. The lowest BCUT2D eigenvalue weighted by molar-refractivity contribution is -0.0903. The maximum Gasteiger partial charge on any atom is 0.255 e. The first kappa shape index (κ1) is 25.0. The molecular weight excluding hydrogens is 495 g/mol. The molecule has 2 bridgehead atoms. The van der Waals surface area contributed by atoms with Crippen molar-refractivity contribution in [2.75, 3.05) is 19.0 Å². The van der Waals surface area contributed by atoms with Gasteiger partial charge in [-0.2, -0.15) is 0 Å². The molecule has 0 radical (unpaired) electrons. The monoisotopic (exact) mass is 517 g/mol. The maximum absolute atomic E-state index is 13.7. The summed E-state index contributed by atoms with van der Waals surface area (Å²) in [6.45, 7) is -0.204.